The summed E-state index contributed by atoms with van der Waals surface area (Å²) in [6.45, 7) is 2.32. The first-order valence-electron chi connectivity index (χ1n) is 9.30. The summed E-state index contributed by atoms with van der Waals surface area (Å²) in [6.07, 6.45) is 6.78. The average molecular weight is 383 g/mol. The van der Waals surface area contributed by atoms with E-state index < -0.39 is 10.3 Å². The van der Waals surface area contributed by atoms with Crippen LogP contribution >= 0.6 is 0 Å². The van der Waals surface area contributed by atoms with Crippen molar-refractivity contribution in [3.63, 3.8) is 0 Å². The molecule has 0 aromatic heterocycles. The van der Waals surface area contributed by atoms with Crippen molar-refractivity contribution < 1.29 is 23.2 Å². The molecule has 3 aliphatic carbocycles. The molecular formula is C19H28NO5S-. The Labute approximate surface area is 155 Å². The van der Waals surface area contributed by atoms with E-state index in [9.17, 15) is 23.2 Å². The molecule has 5 atom stereocenters. The van der Waals surface area contributed by atoms with Gasteiger partial charge in [-0.15, -0.1) is 0 Å². The molecule has 0 radical (unpaired) electrons. The molecule has 26 heavy (non-hydrogen) atoms. The molecule has 0 saturated heterocycles. The number of aliphatic hydroxyl groups excluding tert-OH is 1. The molecule has 146 valence electrons. The molecule has 0 heterocycles. The highest BCUT2D eigenvalue weighted by molar-refractivity contribution is 7.83. The molecule has 1 aromatic rings. The zero-order valence-electron chi connectivity index (χ0n) is 15.3. The predicted octanol–water partition coefficient (Wildman–Crippen LogP) is 2.28. The summed E-state index contributed by atoms with van der Waals surface area (Å²) in [7, 11) is -3.10. The predicted molar refractivity (Wildman–Crippen MR) is 97.5 cm³/mol. The number of rotatable bonds is 1. The summed E-state index contributed by atoms with van der Waals surface area (Å²) >= 11 is 0. The van der Waals surface area contributed by atoms with Gasteiger partial charge in [0.2, 0.25) is 0 Å². The second-order valence-electron chi connectivity index (χ2n) is 8.09. The van der Waals surface area contributed by atoms with E-state index in [0.717, 1.165) is 32.2 Å². The van der Waals surface area contributed by atoms with Crippen LogP contribution in [0.2, 0.25) is 0 Å². The Kier molecular flexibility index (Phi) is 5.36. The minimum atomic E-state index is -4.16. The standard InChI is InChI=1S/C18H24O2.CH5NO3S/c1-18-9-8-14-13-5-3-12(19)10-11(13)2-4-15(14)16(18)6-7-17(18)20;1-2-6(3,4)5/h3,5,10,14-17,19-20H,2,4,6-9H2,1H3;2H,1H3,(H,3,4,5)/p-1/t14-,15-,16+,17+,18+;/m1./s1. The number of aryl methyl sites for hydroxylation is 1. The van der Waals surface area contributed by atoms with Crippen molar-refractivity contribution in [2.24, 2.45) is 17.3 Å². The summed E-state index contributed by atoms with van der Waals surface area (Å²) < 4.78 is 29.5. The van der Waals surface area contributed by atoms with Crippen LogP contribution in [0.5, 0.6) is 5.75 Å². The van der Waals surface area contributed by atoms with Crippen molar-refractivity contribution in [3.05, 3.63) is 29.3 Å². The molecule has 2 saturated carbocycles. The van der Waals surface area contributed by atoms with Crippen LogP contribution in [-0.4, -0.2) is 36.3 Å². The maximum absolute atomic E-state index is 10.4. The summed E-state index contributed by atoms with van der Waals surface area (Å²) in [6, 6.07) is 5.96. The lowest BCUT2D eigenvalue weighted by molar-refractivity contribution is -0.0226. The first-order chi connectivity index (χ1) is 12.2. The zero-order valence-corrected chi connectivity index (χ0v) is 16.1. The number of nitrogens with one attached hydrogen (secondary N) is 1. The monoisotopic (exact) mass is 382 g/mol. The van der Waals surface area contributed by atoms with Gasteiger partial charge in [0.25, 0.3) is 0 Å². The van der Waals surface area contributed by atoms with Crippen LogP contribution in [-0.2, 0) is 16.7 Å². The van der Waals surface area contributed by atoms with Gasteiger partial charge in [-0.05, 0) is 92.0 Å². The largest absolute Gasteiger partial charge is 0.735 e. The van der Waals surface area contributed by atoms with Crippen LogP contribution in [0.4, 0.5) is 0 Å². The maximum Gasteiger partial charge on any atom is 0.159 e. The number of aliphatic hydroxyl groups is 1. The normalized spacial score (nSPS) is 35.5. The molecule has 3 aliphatic rings. The molecule has 6 nitrogen and oxygen atoms in total. The SMILES string of the molecule is CNS(=O)(=O)[O-].C[C@]12CC[C@@H]3c4ccc(O)cc4CC[C@H]3[C@@H]1CC[C@@H]2O. The molecule has 7 heteroatoms. The highest BCUT2D eigenvalue weighted by Crippen LogP contribution is 2.60. The van der Waals surface area contributed by atoms with Crippen molar-refractivity contribution in [2.75, 3.05) is 7.05 Å². The summed E-state index contributed by atoms with van der Waals surface area (Å²) in [4.78, 5) is 0. The van der Waals surface area contributed by atoms with Gasteiger partial charge >= 0.3 is 0 Å². The van der Waals surface area contributed by atoms with Crippen LogP contribution in [0.1, 0.15) is 56.1 Å². The van der Waals surface area contributed by atoms with Gasteiger partial charge in [0.1, 0.15) is 5.75 Å². The molecule has 2 fully saturated rings. The van der Waals surface area contributed by atoms with Crippen molar-refractivity contribution >= 4 is 10.3 Å². The summed E-state index contributed by atoms with van der Waals surface area (Å²) in [5.74, 6) is 2.49. The lowest BCUT2D eigenvalue weighted by Gasteiger charge is -2.50. The Morgan fingerprint density at radius 3 is 2.58 bits per heavy atom. The van der Waals surface area contributed by atoms with E-state index in [-0.39, 0.29) is 11.5 Å². The first-order valence-corrected chi connectivity index (χ1v) is 10.7. The average Bonchev–Trinajstić information content (AvgIpc) is 2.89. The third kappa shape index (κ3) is 3.63. The topological polar surface area (TPSA) is 110 Å². The second-order valence-corrected chi connectivity index (χ2v) is 9.41. The fourth-order valence-electron chi connectivity index (χ4n) is 5.54. The number of phenolic OH excluding ortho intramolecular Hbond substituents is 1. The van der Waals surface area contributed by atoms with Crippen LogP contribution in [0.25, 0.3) is 0 Å². The number of aromatic hydroxyl groups is 1. The van der Waals surface area contributed by atoms with Crippen LogP contribution < -0.4 is 4.72 Å². The van der Waals surface area contributed by atoms with Gasteiger partial charge in [-0.2, -0.15) is 0 Å². The number of benzene rings is 1. The minimum Gasteiger partial charge on any atom is -0.735 e. The van der Waals surface area contributed by atoms with E-state index in [1.165, 1.54) is 35.1 Å². The van der Waals surface area contributed by atoms with E-state index in [2.05, 4.69) is 13.0 Å². The fourth-order valence-corrected chi connectivity index (χ4v) is 5.54. The molecule has 3 N–H and O–H groups in total. The third-order valence-electron chi connectivity index (χ3n) is 6.91. The van der Waals surface area contributed by atoms with Gasteiger partial charge in [0, 0.05) is 0 Å². The lowest BCUT2D eigenvalue weighted by Crippen LogP contribution is -2.43. The first kappa shape index (κ1) is 19.6. The van der Waals surface area contributed by atoms with Crippen LogP contribution in [0.15, 0.2) is 18.2 Å². The van der Waals surface area contributed by atoms with E-state index in [1.807, 2.05) is 12.1 Å². The molecule has 0 amide bonds. The Morgan fingerprint density at radius 1 is 1.23 bits per heavy atom. The van der Waals surface area contributed by atoms with E-state index >= 15 is 0 Å². The van der Waals surface area contributed by atoms with Gasteiger partial charge in [0.15, 0.2) is 10.3 Å². The highest BCUT2D eigenvalue weighted by atomic mass is 32.2. The third-order valence-corrected chi connectivity index (χ3v) is 7.41. The summed E-state index contributed by atoms with van der Waals surface area (Å²) in [5.41, 5.74) is 2.99. The highest BCUT2D eigenvalue weighted by Gasteiger charge is 2.54. The van der Waals surface area contributed by atoms with E-state index in [4.69, 9.17) is 0 Å². The van der Waals surface area contributed by atoms with Crippen molar-refractivity contribution in [3.8, 4) is 5.75 Å². The van der Waals surface area contributed by atoms with Crippen molar-refractivity contribution in [1.29, 1.82) is 0 Å². The van der Waals surface area contributed by atoms with Gasteiger partial charge in [-0.1, -0.05) is 13.0 Å². The Hall–Kier alpha value is -1.15. The molecule has 0 aliphatic heterocycles. The molecule has 0 unspecified atom stereocenters. The van der Waals surface area contributed by atoms with E-state index in [0.29, 0.717) is 17.6 Å². The Bertz CT molecular complexity index is 765. The van der Waals surface area contributed by atoms with Gasteiger partial charge < -0.3 is 14.8 Å². The molecule has 0 bridgehead atoms. The van der Waals surface area contributed by atoms with Gasteiger partial charge in [-0.3, -0.25) is 0 Å². The molecular weight excluding hydrogens is 354 g/mol. The van der Waals surface area contributed by atoms with Gasteiger partial charge in [0.05, 0.1) is 6.10 Å². The summed E-state index contributed by atoms with van der Waals surface area (Å²) in [5, 5.41) is 20.0. The molecule has 4 rings (SSSR count). The Morgan fingerprint density at radius 2 is 1.92 bits per heavy atom. The number of hydrogen-bond acceptors (Lipinski definition) is 5. The maximum atomic E-state index is 10.4. The van der Waals surface area contributed by atoms with E-state index in [1.54, 1.807) is 0 Å². The minimum absolute atomic E-state index is 0.0883. The molecule has 0 spiro atoms. The van der Waals surface area contributed by atoms with Crippen molar-refractivity contribution in [1.82, 2.24) is 4.72 Å². The second kappa shape index (κ2) is 7.11. The number of fused-ring (bicyclic) bond motifs is 5. The van der Waals surface area contributed by atoms with Crippen LogP contribution in [0.3, 0.4) is 0 Å². The number of phenols is 1. The fraction of sp³-hybridized carbons (Fsp3) is 0.684. The van der Waals surface area contributed by atoms with Gasteiger partial charge in [-0.25, -0.2) is 13.1 Å². The zero-order chi connectivity index (χ0) is 19.1. The lowest BCUT2D eigenvalue weighted by atomic mass is 9.55. The quantitative estimate of drug-likeness (QED) is 0.646. The Balaban J connectivity index is 0.000000286. The van der Waals surface area contributed by atoms with Crippen LogP contribution in [0, 0.1) is 17.3 Å². The number of hydrogen-bond donors (Lipinski definition) is 3. The molecule has 1 aromatic carbocycles. The van der Waals surface area contributed by atoms with Crippen molar-refractivity contribution in [2.45, 2.75) is 57.5 Å². The smallest absolute Gasteiger partial charge is 0.159 e.